The van der Waals surface area contributed by atoms with Gasteiger partial charge in [-0.15, -0.1) is 0 Å². The number of rotatable bonds is 9. The highest BCUT2D eigenvalue weighted by atomic mass is 35.5. The van der Waals surface area contributed by atoms with Crippen molar-refractivity contribution in [1.82, 2.24) is 4.98 Å². The van der Waals surface area contributed by atoms with E-state index in [9.17, 15) is 5.26 Å². The second-order valence-corrected chi connectivity index (χ2v) is 7.29. The predicted molar refractivity (Wildman–Crippen MR) is 124 cm³/mol. The summed E-state index contributed by atoms with van der Waals surface area (Å²) in [6.07, 6.45) is 1.60. The lowest BCUT2D eigenvalue weighted by molar-refractivity contribution is 0.184. The van der Waals surface area contributed by atoms with Crippen molar-refractivity contribution in [2.45, 2.75) is 20.1 Å². The molecule has 0 radical (unpaired) electrons. The first-order valence-electron chi connectivity index (χ1n) is 9.78. The molecule has 0 aliphatic carbocycles. The second-order valence-electron chi connectivity index (χ2n) is 6.85. The summed E-state index contributed by atoms with van der Waals surface area (Å²) < 4.78 is 16.7. The summed E-state index contributed by atoms with van der Waals surface area (Å²) in [6, 6.07) is 16.9. The van der Waals surface area contributed by atoms with Crippen LogP contribution in [0.15, 0.2) is 53.6 Å². The Morgan fingerprint density at radius 2 is 1.94 bits per heavy atom. The maximum absolute atomic E-state index is 9.56. The lowest BCUT2D eigenvalue weighted by atomic mass is 10.1. The van der Waals surface area contributed by atoms with Crippen LogP contribution in [0.4, 0.5) is 5.82 Å². The first-order valence-corrected chi connectivity index (χ1v) is 10.2. The zero-order valence-corrected chi connectivity index (χ0v) is 18.8. The number of halogens is 1. The average molecular weight is 451 g/mol. The number of pyridine rings is 1. The minimum absolute atomic E-state index is 0.309. The molecule has 3 rings (SSSR count). The van der Waals surface area contributed by atoms with Crippen LogP contribution in [0.5, 0.6) is 11.5 Å². The predicted octanol–water partition coefficient (Wildman–Crippen LogP) is 5.10. The molecule has 1 N–H and O–H groups in total. The maximum atomic E-state index is 9.56. The van der Waals surface area contributed by atoms with E-state index in [4.69, 9.17) is 25.8 Å². The van der Waals surface area contributed by atoms with Crippen LogP contribution in [-0.2, 0) is 18.0 Å². The Bertz CT molecular complexity index is 1140. The number of hydrogen-bond donors (Lipinski definition) is 1. The molecule has 1 aromatic heterocycles. The highest BCUT2D eigenvalue weighted by Gasteiger charge is 2.12. The van der Waals surface area contributed by atoms with Crippen LogP contribution in [0.25, 0.3) is 0 Å². The van der Waals surface area contributed by atoms with Gasteiger partial charge in [0.15, 0.2) is 17.3 Å². The van der Waals surface area contributed by atoms with E-state index >= 15 is 0 Å². The van der Waals surface area contributed by atoms with Crippen molar-refractivity contribution in [3.63, 3.8) is 0 Å². The molecule has 0 amide bonds. The van der Waals surface area contributed by atoms with E-state index in [1.54, 1.807) is 20.4 Å². The van der Waals surface area contributed by atoms with Gasteiger partial charge in [0, 0.05) is 29.0 Å². The standard InChI is InChI=1S/C24H23ClN4O3/c1-16-11-19(15-30-2)21(12-26)24(28-16)29-27-13-18-5-4-6-22(31-3)23(18)32-14-17-7-9-20(25)10-8-17/h4-11,13H,14-15H2,1-3H3,(H,28,29)/b27-13+. The third-order valence-electron chi connectivity index (χ3n) is 4.54. The van der Waals surface area contributed by atoms with E-state index in [1.165, 1.54) is 0 Å². The molecule has 0 aliphatic heterocycles. The van der Waals surface area contributed by atoms with E-state index < -0.39 is 0 Å². The fourth-order valence-electron chi connectivity index (χ4n) is 3.06. The number of aromatic nitrogens is 1. The number of para-hydroxylation sites is 1. The Labute approximate surface area is 192 Å². The molecule has 0 spiro atoms. The molecule has 0 unspecified atom stereocenters. The molecule has 0 bridgehead atoms. The van der Waals surface area contributed by atoms with Crippen molar-refractivity contribution in [1.29, 1.82) is 5.26 Å². The summed E-state index contributed by atoms with van der Waals surface area (Å²) in [5.41, 5.74) is 6.42. The van der Waals surface area contributed by atoms with E-state index in [0.29, 0.717) is 46.7 Å². The number of methoxy groups -OCH3 is 2. The highest BCUT2D eigenvalue weighted by Crippen LogP contribution is 2.31. The second kappa shape index (κ2) is 11.1. The zero-order chi connectivity index (χ0) is 22.9. The SMILES string of the molecule is COCc1cc(C)nc(N/N=C/c2cccc(OC)c2OCc2ccc(Cl)cc2)c1C#N. The Balaban J connectivity index is 1.83. The first kappa shape index (κ1) is 23.1. The molecule has 0 saturated carbocycles. The smallest absolute Gasteiger partial charge is 0.170 e. The Kier molecular flexibility index (Phi) is 8.03. The lowest BCUT2D eigenvalue weighted by Gasteiger charge is -2.13. The van der Waals surface area contributed by atoms with Gasteiger partial charge in [-0.3, -0.25) is 5.43 Å². The topological polar surface area (TPSA) is 88.8 Å². The molecule has 0 saturated heterocycles. The number of nitrogens with one attached hydrogen (secondary N) is 1. The van der Waals surface area contributed by atoms with Crippen LogP contribution in [0, 0.1) is 18.3 Å². The quantitative estimate of drug-likeness (QED) is 0.360. The maximum Gasteiger partial charge on any atom is 0.170 e. The fourth-order valence-corrected chi connectivity index (χ4v) is 3.19. The number of aryl methyl sites for hydroxylation is 1. The molecule has 8 heteroatoms. The van der Waals surface area contributed by atoms with Gasteiger partial charge in [0.1, 0.15) is 18.2 Å². The van der Waals surface area contributed by atoms with Crippen LogP contribution < -0.4 is 14.9 Å². The van der Waals surface area contributed by atoms with Crippen LogP contribution >= 0.6 is 11.6 Å². The normalized spacial score (nSPS) is 10.7. The van der Waals surface area contributed by atoms with E-state index in [1.807, 2.05) is 55.5 Å². The number of benzene rings is 2. The van der Waals surface area contributed by atoms with E-state index in [-0.39, 0.29) is 0 Å². The van der Waals surface area contributed by atoms with Crippen LogP contribution in [0.2, 0.25) is 5.02 Å². The van der Waals surface area contributed by atoms with Crippen molar-refractivity contribution < 1.29 is 14.2 Å². The molecular formula is C24H23ClN4O3. The van der Waals surface area contributed by atoms with Gasteiger partial charge in [0.25, 0.3) is 0 Å². The third-order valence-corrected chi connectivity index (χ3v) is 4.79. The van der Waals surface area contributed by atoms with Crippen molar-refractivity contribution in [2.75, 3.05) is 19.6 Å². The number of hydrazone groups is 1. The molecular weight excluding hydrogens is 428 g/mol. The molecule has 0 fully saturated rings. The largest absolute Gasteiger partial charge is 0.493 e. The number of anilines is 1. The summed E-state index contributed by atoms with van der Waals surface area (Å²) in [4.78, 5) is 4.39. The first-order chi connectivity index (χ1) is 15.5. The molecule has 164 valence electrons. The van der Waals surface area contributed by atoms with Gasteiger partial charge in [-0.2, -0.15) is 10.4 Å². The van der Waals surface area contributed by atoms with Crippen molar-refractivity contribution >= 4 is 23.6 Å². The lowest BCUT2D eigenvalue weighted by Crippen LogP contribution is -2.04. The average Bonchev–Trinajstić information content (AvgIpc) is 2.79. The van der Waals surface area contributed by atoms with Gasteiger partial charge in [-0.05, 0) is 42.8 Å². The molecule has 2 aromatic carbocycles. The third kappa shape index (κ3) is 5.76. The van der Waals surface area contributed by atoms with Gasteiger partial charge in [-0.1, -0.05) is 29.8 Å². The summed E-state index contributed by atoms with van der Waals surface area (Å²) in [7, 11) is 3.16. The summed E-state index contributed by atoms with van der Waals surface area (Å²) >= 11 is 5.95. The molecule has 0 aliphatic rings. The van der Waals surface area contributed by atoms with Crippen LogP contribution in [0.1, 0.15) is 27.9 Å². The van der Waals surface area contributed by atoms with E-state index in [2.05, 4.69) is 21.6 Å². The van der Waals surface area contributed by atoms with Crippen LogP contribution in [-0.4, -0.2) is 25.4 Å². The highest BCUT2D eigenvalue weighted by molar-refractivity contribution is 6.30. The zero-order valence-electron chi connectivity index (χ0n) is 18.1. The number of nitriles is 1. The van der Waals surface area contributed by atoms with Gasteiger partial charge in [-0.25, -0.2) is 4.98 Å². The minimum atomic E-state index is 0.309. The monoisotopic (exact) mass is 450 g/mol. The molecule has 0 atom stereocenters. The van der Waals surface area contributed by atoms with Gasteiger partial charge in [0.05, 0.1) is 19.9 Å². The van der Waals surface area contributed by atoms with Gasteiger partial charge >= 0.3 is 0 Å². The van der Waals surface area contributed by atoms with E-state index in [0.717, 1.165) is 16.8 Å². The fraction of sp³-hybridized carbons (Fsp3) is 0.208. The summed E-state index contributed by atoms with van der Waals surface area (Å²) in [5, 5.41) is 14.5. The number of nitrogens with zero attached hydrogens (tertiary/aromatic N) is 3. The van der Waals surface area contributed by atoms with Gasteiger partial charge < -0.3 is 14.2 Å². The van der Waals surface area contributed by atoms with Gasteiger partial charge in [0.2, 0.25) is 0 Å². The Morgan fingerprint density at radius 1 is 1.16 bits per heavy atom. The Hall–Kier alpha value is -3.60. The van der Waals surface area contributed by atoms with Crippen molar-refractivity contribution in [3.8, 4) is 17.6 Å². The molecule has 32 heavy (non-hydrogen) atoms. The van der Waals surface area contributed by atoms with Crippen molar-refractivity contribution in [2.24, 2.45) is 5.10 Å². The molecule has 1 heterocycles. The summed E-state index contributed by atoms with van der Waals surface area (Å²) in [6.45, 7) is 2.49. The van der Waals surface area contributed by atoms with Crippen LogP contribution in [0.3, 0.4) is 0 Å². The Morgan fingerprint density at radius 3 is 2.62 bits per heavy atom. The number of ether oxygens (including phenoxy) is 3. The number of hydrogen-bond acceptors (Lipinski definition) is 7. The summed E-state index contributed by atoms with van der Waals surface area (Å²) in [5.74, 6) is 1.49. The minimum Gasteiger partial charge on any atom is -0.493 e. The van der Waals surface area contributed by atoms with Crippen molar-refractivity contribution in [3.05, 3.63) is 81.5 Å². The molecule has 7 nitrogen and oxygen atoms in total. The molecule has 3 aromatic rings.